The number of carbonyl (C=O) groups is 2. The van der Waals surface area contributed by atoms with E-state index in [1.807, 2.05) is 0 Å². The van der Waals surface area contributed by atoms with Gasteiger partial charge in [0.1, 0.15) is 17.6 Å². The molecule has 3 rings (SSSR count). The Morgan fingerprint density at radius 1 is 1.16 bits per heavy atom. The molecule has 10 nitrogen and oxygen atoms in total. The van der Waals surface area contributed by atoms with Crippen LogP contribution >= 0.6 is 0 Å². The van der Waals surface area contributed by atoms with E-state index in [-0.39, 0.29) is 34.3 Å². The molecule has 0 spiro atoms. The zero-order valence-corrected chi connectivity index (χ0v) is 16.3. The SMILES string of the molecule is COC1=NC(C)=C(C(=O)O)C(c2ccc(F)cc2)N1C(=O)Oc1ccc([N+](=O)[O-])cc1. The topological polar surface area (TPSA) is 132 Å². The highest BCUT2D eigenvalue weighted by Crippen LogP contribution is 2.36. The van der Waals surface area contributed by atoms with E-state index in [2.05, 4.69) is 4.99 Å². The molecule has 31 heavy (non-hydrogen) atoms. The minimum atomic E-state index is -1.33. The zero-order chi connectivity index (χ0) is 22.7. The van der Waals surface area contributed by atoms with Crippen LogP contribution in [-0.4, -0.2) is 40.1 Å². The Morgan fingerprint density at radius 2 is 1.77 bits per heavy atom. The molecule has 1 atom stereocenters. The second-order valence-electron chi connectivity index (χ2n) is 6.35. The van der Waals surface area contributed by atoms with Gasteiger partial charge in [0, 0.05) is 12.1 Å². The normalized spacial score (nSPS) is 15.9. The van der Waals surface area contributed by atoms with E-state index in [1.165, 1.54) is 38.3 Å². The lowest BCUT2D eigenvalue weighted by Gasteiger charge is -2.34. The number of aliphatic carboxylic acids is 1. The van der Waals surface area contributed by atoms with Gasteiger partial charge in [-0.1, -0.05) is 12.1 Å². The molecule has 1 aliphatic heterocycles. The van der Waals surface area contributed by atoms with Crippen molar-refractivity contribution in [1.82, 2.24) is 4.90 Å². The van der Waals surface area contributed by atoms with Crippen LogP contribution in [-0.2, 0) is 9.53 Å². The average molecular weight is 429 g/mol. The van der Waals surface area contributed by atoms with Crippen LogP contribution in [0.3, 0.4) is 0 Å². The minimum absolute atomic E-state index is 0.0212. The van der Waals surface area contributed by atoms with E-state index in [1.54, 1.807) is 0 Å². The third kappa shape index (κ3) is 4.34. The number of amides is 1. The number of nitro groups is 1. The number of carboxylic acids is 1. The number of amidine groups is 1. The van der Waals surface area contributed by atoms with Crippen LogP contribution in [0.15, 0.2) is 64.8 Å². The summed E-state index contributed by atoms with van der Waals surface area (Å²) in [6.45, 7) is 1.44. The van der Waals surface area contributed by atoms with Crippen LogP contribution in [0.2, 0.25) is 0 Å². The number of rotatable bonds is 4. The molecule has 0 radical (unpaired) electrons. The highest BCUT2D eigenvalue weighted by atomic mass is 19.1. The molecule has 1 unspecified atom stereocenters. The molecular formula is C20H16FN3O7. The number of non-ortho nitro benzene ring substituents is 1. The molecule has 1 heterocycles. The lowest BCUT2D eigenvalue weighted by atomic mass is 9.95. The van der Waals surface area contributed by atoms with Crippen molar-refractivity contribution in [3.05, 3.63) is 81.3 Å². The first-order chi connectivity index (χ1) is 14.7. The van der Waals surface area contributed by atoms with Gasteiger partial charge in [-0.05, 0) is 36.8 Å². The molecule has 11 heteroatoms. The summed E-state index contributed by atoms with van der Waals surface area (Å²) in [5.74, 6) is -1.90. The van der Waals surface area contributed by atoms with E-state index in [0.717, 1.165) is 29.2 Å². The average Bonchev–Trinajstić information content (AvgIpc) is 2.73. The molecule has 2 aromatic carbocycles. The molecule has 1 aliphatic rings. The quantitative estimate of drug-likeness (QED) is 0.579. The van der Waals surface area contributed by atoms with Crippen molar-refractivity contribution in [2.45, 2.75) is 13.0 Å². The van der Waals surface area contributed by atoms with Gasteiger partial charge in [0.2, 0.25) is 0 Å². The molecule has 1 amide bonds. The number of allylic oxidation sites excluding steroid dienone is 1. The Kier molecular flexibility index (Phi) is 5.95. The van der Waals surface area contributed by atoms with Crippen LogP contribution in [0.1, 0.15) is 18.5 Å². The zero-order valence-electron chi connectivity index (χ0n) is 16.3. The molecule has 160 valence electrons. The Labute approximate surface area is 175 Å². The smallest absolute Gasteiger partial charge is 0.424 e. The maximum absolute atomic E-state index is 13.4. The number of methoxy groups -OCH3 is 1. The van der Waals surface area contributed by atoms with Crippen molar-refractivity contribution in [1.29, 1.82) is 0 Å². The summed E-state index contributed by atoms with van der Waals surface area (Å²) in [5.41, 5.74) is -0.0535. The Balaban J connectivity index is 2.04. The second kappa shape index (κ2) is 8.61. The van der Waals surface area contributed by atoms with Gasteiger partial charge in [0.15, 0.2) is 0 Å². The number of hydrogen-bond donors (Lipinski definition) is 1. The molecule has 0 saturated heterocycles. The number of aliphatic imine (C=N–C) groups is 1. The third-order valence-electron chi connectivity index (χ3n) is 4.44. The van der Waals surface area contributed by atoms with Crippen molar-refractivity contribution in [2.24, 2.45) is 4.99 Å². The molecule has 0 fully saturated rings. The maximum Gasteiger partial charge on any atom is 0.424 e. The summed E-state index contributed by atoms with van der Waals surface area (Å²) in [5, 5.41) is 20.5. The summed E-state index contributed by atoms with van der Waals surface area (Å²) >= 11 is 0. The van der Waals surface area contributed by atoms with E-state index < -0.39 is 28.8 Å². The predicted octanol–water partition coefficient (Wildman–Crippen LogP) is 3.65. The van der Waals surface area contributed by atoms with E-state index >= 15 is 0 Å². The van der Waals surface area contributed by atoms with Crippen LogP contribution < -0.4 is 4.74 Å². The fourth-order valence-electron chi connectivity index (χ4n) is 3.04. The highest BCUT2D eigenvalue weighted by molar-refractivity contribution is 5.99. The molecule has 0 aliphatic carbocycles. The van der Waals surface area contributed by atoms with Crippen LogP contribution in [0.4, 0.5) is 14.9 Å². The lowest BCUT2D eigenvalue weighted by Crippen LogP contribution is -2.46. The first-order valence-corrected chi connectivity index (χ1v) is 8.80. The van der Waals surface area contributed by atoms with Crippen LogP contribution in [0.5, 0.6) is 5.75 Å². The first-order valence-electron chi connectivity index (χ1n) is 8.80. The van der Waals surface area contributed by atoms with Crippen molar-refractivity contribution in [3.63, 3.8) is 0 Å². The Morgan fingerprint density at radius 3 is 2.29 bits per heavy atom. The van der Waals surface area contributed by atoms with E-state index in [4.69, 9.17) is 9.47 Å². The fourth-order valence-corrected chi connectivity index (χ4v) is 3.04. The number of carbonyl (C=O) groups excluding carboxylic acids is 1. The second-order valence-corrected chi connectivity index (χ2v) is 6.35. The van der Waals surface area contributed by atoms with Crippen molar-refractivity contribution >= 4 is 23.8 Å². The first kappa shape index (κ1) is 21.4. The molecule has 0 saturated carbocycles. The standard InChI is InChI=1S/C20H16FN3O7/c1-11-16(18(25)26)17(12-3-5-13(21)6-4-12)23(19(22-11)30-2)20(27)31-15-9-7-14(8-10-15)24(28)29/h3-10,17H,1-2H3,(H,25,26). The third-order valence-corrected chi connectivity index (χ3v) is 4.44. The Hall–Kier alpha value is -4.28. The minimum Gasteiger partial charge on any atom is -0.478 e. The van der Waals surface area contributed by atoms with Gasteiger partial charge in [0.05, 0.1) is 23.3 Å². The number of hydrogen-bond acceptors (Lipinski definition) is 7. The van der Waals surface area contributed by atoms with E-state index in [9.17, 15) is 29.2 Å². The summed E-state index contributed by atoms with van der Waals surface area (Å²) in [4.78, 5) is 40.0. The summed E-state index contributed by atoms with van der Waals surface area (Å²) < 4.78 is 23.9. The monoisotopic (exact) mass is 429 g/mol. The van der Waals surface area contributed by atoms with Gasteiger partial charge in [-0.2, -0.15) is 0 Å². The van der Waals surface area contributed by atoms with Gasteiger partial charge < -0.3 is 14.6 Å². The van der Waals surface area contributed by atoms with Gasteiger partial charge in [-0.25, -0.2) is 23.9 Å². The van der Waals surface area contributed by atoms with Crippen molar-refractivity contribution < 1.29 is 33.5 Å². The summed E-state index contributed by atoms with van der Waals surface area (Å²) in [6.07, 6.45) is -1.05. The van der Waals surface area contributed by atoms with Crippen LogP contribution in [0, 0.1) is 15.9 Å². The predicted molar refractivity (Wildman–Crippen MR) is 105 cm³/mol. The molecule has 2 aromatic rings. The fraction of sp³-hybridized carbons (Fsp3) is 0.150. The van der Waals surface area contributed by atoms with Crippen molar-refractivity contribution in [2.75, 3.05) is 7.11 Å². The molecular weight excluding hydrogens is 413 g/mol. The van der Waals surface area contributed by atoms with Gasteiger partial charge in [-0.15, -0.1) is 0 Å². The number of nitrogens with zero attached hydrogens (tertiary/aromatic N) is 3. The molecule has 0 bridgehead atoms. The maximum atomic E-state index is 13.4. The summed E-state index contributed by atoms with van der Waals surface area (Å²) in [7, 11) is 1.24. The van der Waals surface area contributed by atoms with Gasteiger partial charge in [0.25, 0.3) is 5.69 Å². The Bertz CT molecular complexity index is 1090. The van der Waals surface area contributed by atoms with E-state index in [0.29, 0.717) is 0 Å². The lowest BCUT2D eigenvalue weighted by molar-refractivity contribution is -0.384. The van der Waals surface area contributed by atoms with Gasteiger partial charge in [-0.3, -0.25) is 10.1 Å². The molecule has 1 N–H and O–H groups in total. The number of carboxylic acid groups (broad SMARTS) is 1. The highest BCUT2D eigenvalue weighted by Gasteiger charge is 2.41. The number of halogens is 1. The number of ether oxygens (including phenoxy) is 2. The van der Waals surface area contributed by atoms with Crippen LogP contribution in [0.25, 0.3) is 0 Å². The van der Waals surface area contributed by atoms with Crippen molar-refractivity contribution in [3.8, 4) is 5.75 Å². The largest absolute Gasteiger partial charge is 0.478 e. The molecule has 0 aromatic heterocycles. The number of nitro benzene ring substituents is 1. The number of benzene rings is 2. The van der Waals surface area contributed by atoms with Gasteiger partial charge >= 0.3 is 18.1 Å². The summed E-state index contributed by atoms with van der Waals surface area (Å²) in [6, 6.07) is 8.19.